The van der Waals surface area contributed by atoms with E-state index >= 15 is 0 Å². The molecule has 0 bridgehead atoms. The zero-order chi connectivity index (χ0) is 14.7. The van der Waals surface area contributed by atoms with E-state index in [-0.39, 0.29) is 28.3 Å². The number of carboxylic acid groups (broad SMARTS) is 1. The average molecular weight is 272 g/mol. The SMILES string of the molecule is N#Cc1ccc(Oc2cc(C(=O)O)ccc2N)cc1F. The third-order valence-corrected chi connectivity index (χ3v) is 2.55. The van der Waals surface area contributed by atoms with Crippen LogP contribution in [0.15, 0.2) is 36.4 Å². The van der Waals surface area contributed by atoms with Gasteiger partial charge >= 0.3 is 5.97 Å². The molecular weight excluding hydrogens is 263 g/mol. The van der Waals surface area contributed by atoms with Crippen LogP contribution in [0, 0.1) is 17.1 Å². The summed E-state index contributed by atoms with van der Waals surface area (Å²) in [4.78, 5) is 10.9. The Labute approximate surface area is 113 Å². The molecular formula is C14H9FN2O3. The van der Waals surface area contributed by atoms with Crippen LogP contribution >= 0.6 is 0 Å². The highest BCUT2D eigenvalue weighted by atomic mass is 19.1. The molecule has 100 valence electrons. The van der Waals surface area contributed by atoms with Gasteiger partial charge < -0.3 is 15.6 Å². The zero-order valence-corrected chi connectivity index (χ0v) is 10.1. The largest absolute Gasteiger partial charge is 0.478 e. The van der Waals surface area contributed by atoms with Crippen molar-refractivity contribution in [3.8, 4) is 17.6 Å². The Morgan fingerprint density at radius 1 is 1.30 bits per heavy atom. The van der Waals surface area contributed by atoms with Crippen molar-refractivity contribution in [2.24, 2.45) is 0 Å². The summed E-state index contributed by atoms with van der Waals surface area (Å²) < 4.78 is 18.8. The van der Waals surface area contributed by atoms with Crippen LogP contribution in [0.1, 0.15) is 15.9 Å². The van der Waals surface area contributed by atoms with Crippen LogP contribution in [0.4, 0.5) is 10.1 Å². The van der Waals surface area contributed by atoms with Crippen molar-refractivity contribution in [3.05, 3.63) is 53.3 Å². The van der Waals surface area contributed by atoms with Crippen LogP contribution < -0.4 is 10.5 Å². The highest BCUT2D eigenvalue weighted by Crippen LogP contribution is 2.29. The van der Waals surface area contributed by atoms with Crippen LogP contribution in [-0.4, -0.2) is 11.1 Å². The van der Waals surface area contributed by atoms with E-state index in [9.17, 15) is 9.18 Å². The first-order valence-electron chi connectivity index (χ1n) is 5.51. The molecule has 0 aliphatic carbocycles. The smallest absolute Gasteiger partial charge is 0.335 e. The van der Waals surface area contributed by atoms with Crippen molar-refractivity contribution in [1.29, 1.82) is 5.26 Å². The molecule has 0 unspecified atom stereocenters. The van der Waals surface area contributed by atoms with Gasteiger partial charge in [0.05, 0.1) is 16.8 Å². The number of nitrogens with two attached hydrogens (primary N) is 1. The second-order valence-corrected chi connectivity index (χ2v) is 3.91. The molecule has 0 spiro atoms. The summed E-state index contributed by atoms with van der Waals surface area (Å²) in [5, 5.41) is 17.5. The number of nitrogens with zero attached hydrogens (tertiary/aromatic N) is 1. The quantitative estimate of drug-likeness (QED) is 0.837. The number of nitriles is 1. The lowest BCUT2D eigenvalue weighted by atomic mass is 10.2. The summed E-state index contributed by atoms with van der Waals surface area (Å²) >= 11 is 0. The Balaban J connectivity index is 2.35. The molecule has 0 fully saturated rings. The molecule has 20 heavy (non-hydrogen) atoms. The summed E-state index contributed by atoms with van der Waals surface area (Å²) in [6.45, 7) is 0. The van der Waals surface area contributed by atoms with E-state index in [0.717, 1.165) is 6.07 Å². The molecule has 0 saturated carbocycles. The number of carboxylic acids is 1. The second-order valence-electron chi connectivity index (χ2n) is 3.91. The molecule has 0 aliphatic heterocycles. The second kappa shape index (κ2) is 5.28. The molecule has 0 radical (unpaired) electrons. The number of halogens is 1. The molecule has 0 saturated heterocycles. The fraction of sp³-hybridized carbons (Fsp3) is 0. The van der Waals surface area contributed by atoms with Crippen LogP contribution in [0.3, 0.4) is 0 Å². The lowest BCUT2D eigenvalue weighted by Gasteiger charge is -2.09. The van der Waals surface area contributed by atoms with Crippen LogP contribution in [0.25, 0.3) is 0 Å². The summed E-state index contributed by atoms with van der Waals surface area (Å²) in [5.74, 6) is -1.62. The topological polar surface area (TPSA) is 96.3 Å². The number of hydrogen-bond donors (Lipinski definition) is 2. The zero-order valence-electron chi connectivity index (χ0n) is 10.1. The summed E-state index contributed by atoms with van der Waals surface area (Å²) in [5.41, 5.74) is 5.79. The van der Waals surface area contributed by atoms with Crippen molar-refractivity contribution in [3.63, 3.8) is 0 Å². The maximum Gasteiger partial charge on any atom is 0.335 e. The molecule has 2 rings (SSSR count). The molecule has 3 N–H and O–H groups in total. The number of ether oxygens (including phenoxy) is 1. The van der Waals surface area contributed by atoms with E-state index in [2.05, 4.69) is 0 Å². The predicted molar refractivity (Wildman–Crippen MR) is 69.0 cm³/mol. The number of anilines is 1. The van der Waals surface area contributed by atoms with Crippen molar-refractivity contribution < 1.29 is 19.0 Å². The minimum absolute atomic E-state index is 0.00307. The van der Waals surface area contributed by atoms with Crippen molar-refractivity contribution >= 4 is 11.7 Å². The fourth-order valence-electron chi connectivity index (χ4n) is 1.53. The van der Waals surface area contributed by atoms with Gasteiger partial charge in [-0.3, -0.25) is 0 Å². The monoisotopic (exact) mass is 272 g/mol. The number of hydrogen-bond acceptors (Lipinski definition) is 4. The first kappa shape index (κ1) is 13.4. The highest BCUT2D eigenvalue weighted by Gasteiger charge is 2.10. The Hall–Kier alpha value is -3.07. The number of aromatic carboxylic acids is 1. The van der Waals surface area contributed by atoms with Crippen molar-refractivity contribution in [2.75, 3.05) is 5.73 Å². The molecule has 2 aromatic carbocycles. The molecule has 5 nitrogen and oxygen atoms in total. The van der Waals surface area contributed by atoms with Gasteiger partial charge in [-0.1, -0.05) is 0 Å². The van der Waals surface area contributed by atoms with Gasteiger partial charge in [0.25, 0.3) is 0 Å². The Bertz CT molecular complexity index is 723. The van der Waals surface area contributed by atoms with Crippen molar-refractivity contribution in [2.45, 2.75) is 0 Å². The van der Waals surface area contributed by atoms with Crippen LogP contribution in [0.2, 0.25) is 0 Å². The van der Waals surface area contributed by atoms with Gasteiger partial charge in [-0.25, -0.2) is 9.18 Å². The highest BCUT2D eigenvalue weighted by molar-refractivity contribution is 5.89. The van der Waals surface area contributed by atoms with Crippen LogP contribution in [0.5, 0.6) is 11.5 Å². The summed E-state index contributed by atoms with van der Waals surface area (Å²) in [7, 11) is 0. The van der Waals surface area contributed by atoms with Gasteiger partial charge in [0, 0.05) is 6.07 Å². The van der Waals surface area contributed by atoms with E-state index < -0.39 is 11.8 Å². The first-order chi connectivity index (χ1) is 9.51. The maximum atomic E-state index is 13.4. The van der Waals surface area contributed by atoms with Gasteiger partial charge in [-0.2, -0.15) is 5.26 Å². The molecule has 0 aromatic heterocycles. The number of nitrogen functional groups attached to an aromatic ring is 1. The predicted octanol–water partition coefficient (Wildman–Crippen LogP) is 2.77. The number of carbonyl (C=O) groups is 1. The Morgan fingerprint density at radius 3 is 2.65 bits per heavy atom. The third kappa shape index (κ3) is 2.67. The lowest BCUT2D eigenvalue weighted by molar-refractivity contribution is 0.0696. The molecule has 2 aromatic rings. The number of benzene rings is 2. The van der Waals surface area contributed by atoms with E-state index in [1.165, 1.54) is 30.3 Å². The number of rotatable bonds is 3. The van der Waals surface area contributed by atoms with Gasteiger partial charge in [0.1, 0.15) is 17.6 Å². The lowest BCUT2D eigenvalue weighted by Crippen LogP contribution is -1.99. The third-order valence-electron chi connectivity index (χ3n) is 2.55. The van der Waals surface area contributed by atoms with Crippen LogP contribution in [-0.2, 0) is 0 Å². The van der Waals surface area contributed by atoms with E-state index in [1.807, 2.05) is 0 Å². The molecule has 0 aliphatic rings. The fourth-order valence-corrected chi connectivity index (χ4v) is 1.53. The van der Waals surface area contributed by atoms with Gasteiger partial charge in [-0.05, 0) is 30.3 Å². The van der Waals surface area contributed by atoms with Crippen molar-refractivity contribution in [1.82, 2.24) is 0 Å². The van der Waals surface area contributed by atoms with Gasteiger partial charge in [-0.15, -0.1) is 0 Å². The van der Waals surface area contributed by atoms with Gasteiger partial charge in [0.15, 0.2) is 5.75 Å². The Kier molecular flexibility index (Phi) is 3.53. The summed E-state index contributed by atoms with van der Waals surface area (Å²) in [6.07, 6.45) is 0. The minimum Gasteiger partial charge on any atom is -0.478 e. The molecule has 0 heterocycles. The summed E-state index contributed by atoms with van der Waals surface area (Å²) in [6, 6.07) is 9.35. The van der Waals surface area contributed by atoms with Gasteiger partial charge in [0.2, 0.25) is 0 Å². The first-order valence-corrected chi connectivity index (χ1v) is 5.51. The normalized spacial score (nSPS) is 9.80. The molecule has 0 atom stereocenters. The average Bonchev–Trinajstić information content (AvgIpc) is 2.41. The van der Waals surface area contributed by atoms with E-state index in [1.54, 1.807) is 6.07 Å². The van der Waals surface area contributed by atoms with E-state index in [0.29, 0.717) is 0 Å². The standard InChI is InChI=1S/C14H9FN2O3/c15-11-6-10(3-1-9(11)7-16)20-13-5-8(14(18)19)2-4-12(13)17/h1-6H,17H2,(H,18,19). The Morgan fingerprint density at radius 2 is 2.05 bits per heavy atom. The maximum absolute atomic E-state index is 13.4. The van der Waals surface area contributed by atoms with E-state index in [4.69, 9.17) is 20.8 Å². The molecule has 0 amide bonds. The minimum atomic E-state index is -1.12. The molecule has 6 heteroatoms.